The molecule has 0 bridgehead atoms. The first-order valence-corrected chi connectivity index (χ1v) is 9.02. The zero-order valence-electron chi connectivity index (χ0n) is 14.8. The number of anilines is 1. The predicted octanol–water partition coefficient (Wildman–Crippen LogP) is 5.85. The molecule has 26 heavy (non-hydrogen) atoms. The van der Waals surface area contributed by atoms with Crippen LogP contribution in [-0.2, 0) is 4.74 Å². The van der Waals surface area contributed by atoms with Crippen molar-refractivity contribution in [3.05, 3.63) is 59.1 Å². The van der Waals surface area contributed by atoms with Crippen molar-refractivity contribution >= 4 is 27.7 Å². The van der Waals surface area contributed by atoms with Gasteiger partial charge in [0.05, 0.1) is 11.4 Å². The van der Waals surface area contributed by atoms with E-state index in [0.717, 1.165) is 27.0 Å². The van der Waals surface area contributed by atoms with E-state index in [0.29, 0.717) is 5.69 Å². The van der Waals surface area contributed by atoms with Crippen molar-refractivity contribution in [2.45, 2.75) is 26.4 Å². The van der Waals surface area contributed by atoms with Gasteiger partial charge in [0.15, 0.2) is 0 Å². The summed E-state index contributed by atoms with van der Waals surface area (Å²) in [5, 5.41) is 10.2. The van der Waals surface area contributed by atoms with Crippen LogP contribution in [0, 0.1) is 0 Å². The monoisotopic (exact) mass is 413 g/mol. The molecular weight excluding hydrogens is 394 g/mol. The molecule has 6 heteroatoms. The van der Waals surface area contributed by atoms with E-state index in [2.05, 4.69) is 31.4 Å². The first kappa shape index (κ1) is 18.2. The van der Waals surface area contributed by atoms with Gasteiger partial charge in [0.25, 0.3) is 0 Å². The zero-order chi connectivity index (χ0) is 18.7. The molecule has 1 heterocycles. The molecule has 0 unspecified atom stereocenters. The molecule has 134 valence electrons. The van der Waals surface area contributed by atoms with Crippen molar-refractivity contribution in [2.24, 2.45) is 0 Å². The maximum Gasteiger partial charge on any atom is 0.412 e. The fourth-order valence-corrected chi connectivity index (χ4v) is 2.92. The highest BCUT2D eigenvalue weighted by Gasteiger charge is 2.16. The Morgan fingerprint density at radius 2 is 1.81 bits per heavy atom. The Morgan fingerprint density at radius 3 is 2.46 bits per heavy atom. The lowest BCUT2D eigenvalue weighted by molar-refractivity contribution is 0.0636. The molecule has 0 radical (unpaired) electrons. The molecule has 0 spiro atoms. The Kier molecular flexibility index (Phi) is 5.13. The van der Waals surface area contributed by atoms with Crippen molar-refractivity contribution in [2.75, 3.05) is 5.32 Å². The standard InChI is InChI=1S/C20H20BrN3O2/c1-20(2,3)26-19(25)22-14-10-8-13(9-11-14)17-12-18(24-23-17)15-6-4-5-7-16(15)21/h4-12H,1-3H3,(H,22,25)(H,23,24). The molecule has 2 N–H and O–H groups in total. The summed E-state index contributed by atoms with van der Waals surface area (Å²) in [4.78, 5) is 11.8. The van der Waals surface area contributed by atoms with Crippen LogP contribution in [0.25, 0.3) is 22.5 Å². The van der Waals surface area contributed by atoms with Crippen LogP contribution >= 0.6 is 15.9 Å². The molecule has 0 saturated carbocycles. The van der Waals surface area contributed by atoms with Gasteiger partial charge in [0.2, 0.25) is 0 Å². The number of ether oxygens (including phenoxy) is 1. The molecule has 0 aliphatic rings. The van der Waals surface area contributed by atoms with Gasteiger partial charge in [0, 0.05) is 15.7 Å². The minimum Gasteiger partial charge on any atom is -0.444 e. The summed E-state index contributed by atoms with van der Waals surface area (Å²) in [6.45, 7) is 5.49. The van der Waals surface area contributed by atoms with E-state index in [4.69, 9.17) is 4.74 Å². The van der Waals surface area contributed by atoms with Crippen molar-refractivity contribution in [3.8, 4) is 22.5 Å². The third kappa shape index (κ3) is 4.52. The molecule has 3 aromatic rings. The van der Waals surface area contributed by atoms with Crippen LogP contribution in [0.3, 0.4) is 0 Å². The second-order valence-electron chi connectivity index (χ2n) is 6.85. The Balaban J connectivity index is 1.74. The van der Waals surface area contributed by atoms with Crippen LogP contribution in [0.5, 0.6) is 0 Å². The molecule has 1 amide bonds. The number of benzene rings is 2. The highest BCUT2D eigenvalue weighted by Crippen LogP contribution is 2.29. The maximum absolute atomic E-state index is 11.8. The van der Waals surface area contributed by atoms with E-state index in [1.165, 1.54) is 0 Å². The molecule has 2 aromatic carbocycles. The number of H-pyrrole nitrogens is 1. The molecule has 0 saturated heterocycles. The van der Waals surface area contributed by atoms with Gasteiger partial charge in [-0.25, -0.2) is 4.79 Å². The normalized spacial score (nSPS) is 11.2. The van der Waals surface area contributed by atoms with Crippen LogP contribution in [-0.4, -0.2) is 21.9 Å². The quantitative estimate of drug-likeness (QED) is 0.565. The highest BCUT2D eigenvalue weighted by atomic mass is 79.9. The van der Waals surface area contributed by atoms with Crippen molar-refractivity contribution < 1.29 is 9.53 Å². The van der Waals surface area contributed by atoms with E-state index in [1.54, 1.807) is 0 Å². The number of hydrogen-bond donors (Lipinski definition) is 2. The fourth-order valence-electron chi connectivity index (χ4n) is 2.43. The average Bonchev–Trinajstić information content (AvgIpc) is 3.04. The van der Waals surface area contributed by atoms with Gasteiger partial charge in [-0.3, -0.25) is 10.4 Å². The second kappa shape index (κ2) is 7.33. The number of hydrogen-bond acceptors (Lipinski definition) is 3. The third-order valence-corrected chi connectivity index (χ3v) is 4.26. The van der Waals surface area contributed by atoms with Crippen molar-refractivity contribution in [1.29, 1.82) is 0 Å². The number of halogens is 1. The summed E-state index contributed by atoms with van der Waals surface area (Å²) in [5.41, 5.74) is 3.92. The molecular formula is C20H20BrN3O2. The number of aromatic nitrogens is 2. The lowest BCUT2D eigenvalue weighted by Crippen LogP contribution is -2.27. The number of nitrogens with zero attached hydrogens (tertiary/aromatic N) is 1. The van der Waals surface area contributed by atoms with Gasteiger partial charge in [-0.2, -0.15) is 5.10 Å². The Labute approximate surface area is 160 Å². The topological polar surface area (TPSA) is 67.0 Å². The first-order valence-electron chi connectivity index (χ1n) is 8.22. The number of aromatic amines is 1. The molecule has 3 rings (SSSR count). The summed E-state index contributed by atoms with van der Waals surface area (Å²) < 4.78 is 6.24. The summed E-state index contributed by atoms with van der Waals surface area (Å²) in [7, 11) is 0. The van der Waals surface area contributed by atoms with Gasteiger partial charge >= 0.3 is 6.09 Å². The van der Waals surface area contributed by atoms with Gasteiger partial charge in [-0.05, 0) is 50.6 Å². The van der Waals surface area contributed by atoms with Crippen LogP contribution in [0.2, 0.25) is 0 Å². The lowest BCUT2D eigenvalue weighted by Gasteiger charge is -2.19. The molecule has 0 fully saturated rings. The van der Waals surface area contributed by atoms with Gasteiger partial charge in [-0.15, -0.1) is 0 Å². The Hall–Kier alpha value is -2.60. The van der Waals surface area contributed by atoms with E-state index in [-0.39, 0.29) is 0 Å². The van der Waals surface area contributed by atoms with Crippen LogP contribution < -0.4 is 5.32 Å². The summed E-state index contributed by atoms with van der Waals surface area (Å²) in [6.07, 6.45) is -0.469. The maximum atomic E-state index is 11.8. The second-order valence-corrected chi connectivity index (χ2v) is 7.71. The molecule has 5 nitrogen and oxygen atoms in total. The first-order chi connectivity index (χ1) is 12.3. The van der Waals surface area contributed by atoms with Gasteiger partial charge in [-0.1, -0.05) is 46.3 Å². The van der Waals surface area contributed by atoms with Crippen molar-refractivity contribution in [1.82, 2.24) is 10.2 Å². The third-order valence-electron chi connectivity index (χ3n) is 3.57. The zero-order valence-corrected chi connectivity index (χ0v) is 16.4. The van der Waals surface area contributed by atoms with E-state index in [9.17, 15) is 4.79 Å². The van der Waals surface area contributed by atoms with Crippen LogP contribution in [0.15, 0.2) is 59.1 Å². The number of carbonyl (C=O) groups excluding carboxylic acids is 1. The average molecular weight is 414 g/mol. The predicted molar refractivity (Wildman–Crippen MR) is 107 cm³/mol. The van der Waals surface area contributed by atoms with E-state index >= 15 is 0 Å². The molecule has 0 atom stereocenters. The van der Waals surface area contributed by atoms with Crippen molar-refractivity contribution in [3.63, 3.8) is 0 Å². The van der Waals surface area contributed by atoms with E-state index < -0.39 is 11.7 Å². The Bertz CT molecular complexity index is 911. The number of amides is 1. The summed E-state index contributed by atoms with van der Waals surface area (Å²) in [5.74, 6) is 0. The minimum atomic E-state index is -0.526. The highest BCUT2D eigenvalue weighted by molar-refractivity contribution is 9.10. The number of nitrogens with one attached hydrogen (secondary N) is 2. The Morgan fingerprint density at radius 1 is 1.12 bits per heavy atom. The lowest BCUT2D eigenvalue weighted by atomic mass is 10.1. The largest absolute Gasteiger partial charge is 0.444 e. The molecule has 0 aliphatic carbocycles. The smallest absolute Gasteiger partial charge is 0.412 e. The number of rotatable bonds is 3. The molecule has 0 aliphatic heterocycles. The van der Waals surface area contributed by atoms with Gasteiger partial charge < -0.3 is 4.74 Å². The SMILES string of the molecule is CC(C)(C)OC(=O)Nc1ccc(-c2cc(-c3ccccc3Br)n[nH]2)cc1. The number of carbonyl (C=O) groups is 1. The van der Waals surface area contributed by atoms with E-state index in [1.807, 2.05) is 75.4 Å². The minimum absolute atomic E-state index is 0.469. The fraction of sp³-hybridized carbons (Fsp3) is 0.200. The summed E-state index contributed by atoms with van der Waals surface area (Å²) in [6, 6.07) is 17.4. The van der Waals surface area contributed by atoms with Gasteiger partial charge in [0.1, 0.15) is 5.60 Å². The van der Waals surface area contributed by atoms with Crippen LogP contribution in [0.1, 0.15) is 20.8 Å². The van der Waals surface area contributed by atoms with Crippen LogP contribution in [0.4, 0.5) is 10.5 Å². The summed E-state index contributed by atoms with van der Waals surface area (Å²) >= 11 is 3.55. The molecule has 1 aromatic heterocycles.